The van der Waals surface area contributed by atoms with Gasteiger partial charge in [-0.3, -0.25) is 4.68 Å². The molecule has 0 spiro atoms. The first-order chi connectivity index (χ1) is 7.40. The molecular formula is C12H19N3. The Morgan fingerprint density at radius 3 is 2.67 bits per heavy atom. The first kappa shape index (κ1) is 9.40. The minimum absolute atomic E-state index is 0.613. The fourth-order valence-corrected chi connectivity index (χ4v) is 2.80. The lowest BCUT2D eigenvalue weighted by Gasteiger charge is -2.28. The van der Waals surface area contributed by atoms with Crippen molar-refractivity contribution in [3.63, 3.8) is 0 Å². The van der Waals surface area contributed by atoms with Gasteiger partial charge in [-0.1, -0.05) is 0 Å². The molecule has 82 valence electrons. The van der Waals surface area contributed by atoms with Crippen LogP contribution in [0.5, 0.6) is 0 Å². The van der Waals surface area contributed by atoms with E-state index in [1.54, 1.807) is 0 Å². The van der Waals surface area contributed by atoms with E-state index in [2.05, 4.69) is 4.68 Å². The number of nitrogens with two attached hydrogens (primary N) is 1. The first-order valence-electron chi connectivity index (χ1n) is 6.19. The Bertz CT molecular complexity index is 363. The quantitative estimate of drug-likeness (QED) is 0.802. The Balaban J connectivity index is 2.01. The van der Waals surface area contributed by atoms with Crippen molar-refractivity contribution in [2.24, 2.45) is 5.73 Å². The van der Waals surface area contributed by atoms with Gasteiger partial charge in [0.05, 0.1) is 11.7 Å². The van der Waals surface area contributed by atoms with Crippen LogP contribution in [0.2, 0.25) is 0 Å². The molecule has 0 aliphatic heterocycles. The van der Waals surface area contributed by atoms with Crippen LogP contribution in [0.25, 0.3) is 0 Å². The molecule has 15 heavy (non-hydrogen) atoms. The van der Waals surface area contributed by atoms with Crippen LogP contribution in [0, 0.1) is 0 Å². The standard InChI is InChI=1S/C12H19N3/c13-8-11-10-6-1-2-7-12(10)15(14-11)9-4-3-5-9/h9H,1-8,13H2. The molecule has 1 aromatic rings. The van der Waals surface area contributed by atoms with Crippen molar-refractivity contribution in [1.29, 1.82) is 0 Å². The van der Waals surface area contributed by atoms with E-state index in [0.717, 1.165) is 5.69 Å². The predicted molar refractivity (Wildman–Crippen MR) is 59.6 cm³/mol. The molecule has 0 atom stereocenters. The molecule has 0 amide bonds. The van der Waals surface area contributed by atoms with Gasteiger partial charge < -0.3 is 5.73 Å². The van der Waals surface area contributed by atoms with E-state index in [1.807, 2.05) is 0 Å². The summed E-state index contributed by atoms with van der Waals surface area (Å²) in [5.41, 5.74) is 9.92. The second-order valence-corrected chi connectivity index (χ2v) is 4.81. The molecule has 3 rings (SSSR count). The lowest BCUT2D eigenvalue weighted by atomic mass is 9.91. The van der Waals surface area contributed by atoms with Gasteiger partial charge in [-0.25, -0.2) is 0 Å². The molecular weight excluding hydrogens is 186 g/mol. The van der Waals surface area contributed by atoms with Crippen molar-refractivity contribution in [2.45, 2.75) is 57.5 Å². The SMILES string of the molecule is NCc1nn(C2CCC2)c2c1CCCC2. The number of hydrogen-bond donors (Lipinski definition) is 1. The van der Waals surface area contributed by atoms with Crippen LogP contribution >= 0.6 is 0 Å². The molecule has 3 heteroatoms. The van der Waals surface area contributed by atoms with E-state index in [9.17, 15) is 0 Å². The van der Waals surface area contributed by atoms with E-state index >= 15 is 0 Å². The minimum Gasteiger partial charge on any atom is -0.325 e. The Kier molecular flexibility index (Phi) is 2.28. The van der Waals surface area contributed by atoms with Crippen molar-refractivity contribution in [3.8, 4) is 0 Å². The molecule has 0 aromatic carbocycles. The maximum atomic E-state index is 5.77. The zero-order valence-corrected chi connectivity index (χ0v) is 9.21. The molecule has 0 radical (unpaired) electrons. The molecule has 1 saturated carbocycles. The van der Waals surface area contributed by atoms with Crippen molar-refractivity contribution < 1.29 is 0 Å². The van der Waals surface area contributed by atoms with Crippen LogP contribution in [-0.4, -0.2) is 9.78 Å². The molecule has 2 N–H and O–H groups in total. The Morgan fingerprint density at radius 1 is 1.20 bits per heavy atom. The smallest absolute Gasteiger partial charge is 0.0795 e. The van der Waals surface area contributed by atoms with Gasteiger partial charge in [0.25, 0.3) is 0 Å². The molecule has 1 heterocycles. The molecule has 0 saturated heterocycles. The monoisotopic (exact) mass is 205 g/mol. The van der Waals surface area contributed by atoms with Crippen LogP contribution in [0.1, 0.15) is 55.1 Å². The zero-order valence-electron chi connectivity index (χ0n) is 9.21. The number of fused-ring (bicyclic) bond motifs is 1. The van der Waals surface area contributed by atoms with Gasteiger partial charge in [0.15, 0.2) is 0 Å². The summed E-state index contributed by atoms with van der Waals surface area (Å²) < 4.78 is 2.31. The van der Waals surface area contributed by atoms with Crippen molar-refractivity contribution in [2.75, 3.05) is 0 Å². The van der Waals surface area contributed by atoms with E-state index in [1.165, 1.54) is 56.2 Å². The summed E-state index contributed by atoms with van der Waals surface area (Å²) in [4.78, 5) is 0. The molecule has 0 unspecified atom stereocenters. The summed E-state index contributed by atoms with van der Waals surface area (Å²) in [5.74, 6) is 0. The normalized spacial score (nSPS) is 21.1. The summed E-state index contributed by atoms with van der Waals surface area (Å²) in [6, 6.07) is 0.692. The molecule has 1 fully saturated rings. The largest absolute Gasteiger partial charge is 0.325 e. The lowest BCUT2D eigenvalue weighted by molar-refractivity contribution is 0.279. The predicted octanol–water partition coefficient (Wildman–Crippen LogP) is 1.95. The highest BCUT2D eigenvalue weighted by atomic mass is 15.3. The number of hydrogen-bond acceptors (Lipinski definition) is 2. The summed E-state index contributed by atoms with van der Waals surface area (Å²) in [7, 11) is 0. The van der Waals surface area contributed by atoms with Gasteiger partial charge >= 0.3 is 0 Å². The summed E-state index contributed by atoms with van der Waals surface area (Å²) >= 11 is 0. The van der Waals surface area contributed by atoms with Crippen LogP contribution in [-0.2, 0) is 19.4 Å². The second kappa shape index (κ2) is 3.63. The highest BCUT2D eigenvalue weighted by Gasteiger charge is 2.27. The molecule has 2 aliphatic rings. The molecule has 1 aromatic heterocycles. The lowest BCUT2D eigenvalue weighted by Crippen LogP contribution is -2.21. The highest BCUT2D eigenvalue weighted by molar-refractivity contribution is 5.29. The van der Waals surface area contributed by atoms with Gasteiger partial charge in [-0.2, -0.15) is 5.10 Å². The topological polar surface area (TPSA) is 43.8 Å². The average Bonchev–Trinajstić information content (AvgIpc) is 2.55. The third kappa shape index (κ3) is 1.41. The van der Waals surface area contributed by atoms with E-state index in [-0.39, 0.29) is 0 Å². The fraction of sp³-hybridized carbons (Fsp3) is 0.750. The maximum Gasteiger partial charge on any atom is 0.0795 e. The van der Waals surface area contributed by atoms with Crippen LogP contribution in [0.3, 0.4) is 0 Å². The summed E-state index contributed by atoms with van der Waals surface area (Å²) in [6.45, 7) is 0.613. The Labute approximate surface area is 90.7 Å². The highest BCUT2D eigenvalue weighted by Crippen LogP contribution is 2.35. The van der Waals surface area contributed by atoms with Crippen LogP contribution in [0.15, 0.2) is 0 Å². The third-order valence-corrected chi connectivity index (χ3v) is 3.91. The number of nitrogens with zero attached hydrogens (tertiary/aromatic N) is 2. The maximum absolute atomic E-state index is 5.77. The summed E-state index contributed by atoms with van der Waals surface area (Å²) in [5, 5.41) is 4.72. The molecule has 2 aliphatic carbocycles. The minimum atomic E-state index is 0.613. The van der Waals surface area contributed by atoms with Gasteiger partial charge in [0.1, 0.15) is 0 Å². The zero-order chi connectivity index (χ0) is 10.3. The van der Waals surface area contributed by atoms with Gasteiger partial charge in [0.2, 0.25) is 0 Å². The van der Waals surface area contributed by atoms with E-state index in [4.69, 9.17) is 10.8 Å². The number of rotatable bonds is 2. The second-order valence-electron chi connectivity index (χ2n) is 4.81. The van der Waals surface area contributed by atoms with E-state index < -0.39 is 0 Å². The van der Waals surface area contributed by atoms with Crippen LogP contribution in [0.4, 0.5) is 0 Å². The van der Waals surface area contributed by atoms with Crippen LogP contribution < -0.4 is 5.73 Å². The third-order valence-electron chi connectivity index (χ3n) is 3.91. The molecule has 0 bridgehead atoms. The van der Waals surface area contributed by atoms with Gasteiger partial charge in [-0.15, -0.1) is 0 Å². The summed E-state index contributed by atoms with van der Waals surface area (Å²) in [6.07, 6.45) is 9.08. The average molecular weight is 205 g/mol. The number of aromatic nitrogens is 2. The fourth-order valence-electron chi connectivity index (χ4n) is 2.80. The van der Waals surface area contributed by atoms with E-state index in [0.29, 0.717) is 12.6 Å². The van der Waals surface area contributed by atoms with Gasteiger partial charge in [0, 0.05) is 12.2 Å². The van der Waals surface area contributed by atoms with Crippen molar-refractivity contribution in [3.05, 3.63) is 17.0 Å². The van der Waals surface area contributed by atoms with Crippen molar-refractivity contribution >= 4 is 0 Å². The Morgan fingerprint density at radius 2 is 2.00 bits per heavy atom. The Hall–Kier alpha value is -0.830. The first-order valence-corrected chi connectivity index (χ1v) is 6.19. The molecule has 3 nitrogen and oxygen atoms in total. The van der Waals surface area contributed by atoms with Crippen molar-refractivity contribution in [1.82, 2.24) is 9.78 Å². The van der Waals surface area contributed by atoms with Gasteiger partial charge in [-0.05, 0) is 50.5 Å².